The molecule has 0 radical (unpaired) electrons. The summed E-state index contributed by atoms with van der Waals surface area (Å²) in [5.41, 5.74) is 6.57. The summed E-state index contributed by atoms with van der Waals surface area (Å²) in [6, 6.07) is 6.98. The maximum atomic E-state index is 9.40. The number of phenolic OH excluding ortho intramolecular Hbond substituents is 1. The third kappa shape index (κ3) is 1.96. The normalized spacial score (nSPS) is 12.8. The number of nitrogens with one attached hydrogen (secondary N) is 1. The zero-order valence-electron chi connectivity index (χ0n) is 7.12. The van der Waals surface area contributed by atoms with Crippen LogP contribution in [-0.4, -0.2) is 18.7 Å². The maximum absolute atomic E-state index is 9.40. The van der Waals surface area contributed by atoms with Crippen LogP contribution in [0.4, 0.5) is 0 Å². The summed E-state index contributed by atoms with van der Waals surface area (Å²) in [6.45, 7) is 0.664. The lowest BCUT2D eigenvalue weighted by Gasteiger charge is -2.12. The minimum Gasteiger partial charge on any atom is -0.508 e. The first-order chi connectivity index (χ1) is 5.75. The predicted octanol–water partition coefficient (Wildman–Crippen LogP) is 0.611. The first-order valence-corrected chi connectivity index (χ1v) is 3.93. The van der Waals surface area contributed by atoms with Gasteiger partial charge < -0.3 is 16.2 Å². The average molecular weight is 166 g/mol. The van der Waals surface area contributed by atoms with Gasteiger partial charge in [0.05, 0.1) is 0 Å². The van der Waals surface area contributed by atoms with E-state index in [1.54, 1.807) is 12.1 Å². The van der Waals surface area contributed by atoms with E-state index in [0.29, 0.717) is 6.54 Å². The summed E-state index contributed by atoms with van der Waals surface area (Å²) in [7, 11) is 1.83. The molecule has 66 valence electrons. The molecule has 0 fully saturated rings. The van der Waals surface area contributed by atoms with Crippen LogP contribution in [0.5, 0.6) is 5.75 Å². The summed E-state index contributed by atoms with van der Waals surface area (Å²) in [5, 5.41) is 12.4. The molecule has 0 spiro atoms. The van der Waals surface area contributed by atoms with Crippen LogP contribution in [-0.2, 0) is 0 Å². The molecule has 0 bridgehead atoms. The third-order valence-electron chi connectivity index (χ3n) is 1.76. The van der Waals surface area contributed by atoms with Gasteiger partial charge in [0, 0.05) is 18.2 Å². The highest BCUT2D eigenvalue weighted by Gasteiger charge is 2.07. The van der Waals surface area contributed by atoms with Crippen molar-refractivity contribution in [2.75, 3.05) is 13.6 Å². The summed E-state index contributed by atoms with van der Waals surface area (Å²) < 4.78 is 0. The van der Waals surface area contributed by atoms with Crippen molar-refractivity contribution in [3.05, 3.63) is 29.8 Å². The Hall–Kier alpha value is -1.06. The fourth-order valence-electron chi connectivity index (χ4n) is 1.13. The van der Waals surface area contributed by atoms with Crippen LogP contribution in [0.25, 0.3) is 0 Å². The van der Waals surface area contributed by atoms with E-state index in [9.17, 15) is 5.11 Å². The topological polar surface area (TPSA) is 58.3 Å². The van der Waals surface area contributed by atoms with Gasteiger partial charge in [-0.25, -0.2) is 0 Å². The quantitative estimate of drug-likeness (QED) is 0.616. The molecule has 1 aromatic carbocycles. The number of hydrogen-bond acceptors (Lipinski definition) is 3. The number of para-hydroxylation sites is 1. The van der Waals surface area contributed by atoms with Crippen LogP contribution >= 0.6 is 0 Å². The van der Waals surface area contributed by atoms with Crippen molar-refractivity contribution in [2.24, 2.45) is 5.73 Å². The zero-order valence-corrected chi connectivity index (χ0v) is 7.12. The van der Waals surface area contributed by atoms with Crippen molar-refractivity contribution < 1.29 is 5.11 Å². The van der Waals surface area contributed by atoms with Gasteiger partial charge in [0.25, 0.3) is 0 Å². The van der Waals surface area contributed by atoms with Gasteiger partial charge in [-0.15, -0.1) is 0 Å². The van der Waals surface area contributed by atoms with E-state index in [0.717, 1.165) is 5.56 Å². The number of rotatable bonds is 3. The molecule has 0 aliphatic rings. The van der Waals surface area contributed by atoms with E-state index >= 15 is 0 Å². The van der Waals surface area contributed by atoms with Crippen LogP contribution in [0.2, 0.25) is 0 Å². The average Bonchev–Trinajstić information content (AvgIpc) is 2.05. The maximum Gasteiger partial charge on any atom is 0.120 e. The van der Waals surface area contributed by atoms with E-state index < -0.39 is 0 Å². The van der Waals surface area contributed by atoms with E-state index in [-0.39, 0.29) is 11.8 Å². The van der Waals surface area contributed by atoms with Gasteiger partial charge in [-0.1, -0.05) is 18.2 Å². The smallest absolute Gasteiger partial charge is 0.120 e. The number of aromatic hydroxyl groups is 1. The fourth-order valence-corrected chi connectivity index (χ4v) is 1.13. The number of phenols is 1. The van der Waals surface area contributed by atoms with Crippen LogP contribution in [0.15, 0.2) is 24.3 Å². The van der Waals surface area contributed by atoms with E-state index in [1.807, 2.05) is 19.2 Å². The fraction of sp³-hybridized carbons (Fsp3) is 0.333. The highest BCUT2D eigenvalue weighted by molar-refractivity contribution is 5.34. The van der Waals surface area contributed by atoms with Gasteiger partial charge >= 0.3 is 0 Å². The summed E-state index contributed by atoms with van der Waals surface area (Å²) in [6.07, 6.45) is 0. The number of nitrogens with two attached hydrogens (primary N) is 1. The molecule has 0 heterocycles. The number of benzene rings is 1. The first kappa shape index (κ1) is 9.03. The van der Waals surface area contributed by atoms with Crippen molar-refractivity contribution in [3.8, 4) is 5.75 Å². The Morgan fingerprint density at radius 2 is 2.17 bits per heavy atom. The molecule has 1 unspecified atom stereocenters. The Kier molecular flexibility index (Phi) is 3.08. The van der Waals surface area contributed by atoms with E-state index in [2.05, 4.69) is 5.32 Å². The van der Waals surface area contributed by atoms with Crippen LogP contribution in [0.1, 0.15) is 11.6 Å². The predicted molar refractivity (Wildman–Crippen MR) is 49.0 cm³/mol. The molecule has 1 aromatic rings. The minimum absolute atomic E-state index is 0.142. The van der Waals surface area contributed by atoms with Gasteiger partial charge in [-0.3, -0.25) is 0 Å². The van der Waals surface area contributed by atoms with Gasteiger partial charge in [0.15, 0.2) is 0 Å². The lowest BCUT2D eigenvalue weighted by Crippen LogP contribution is -2.23. The molecule has 0 amide bonds. The Balaban J connectivity index is 2.79. The van der Waals surface area contributed by atoms with Crippen LogP contribution < -0.4 is 11.1 Å². The van der Waals surface area contributed by atoms with Gasteiger partial charge in [0.2, 0.25) is 0 Å². The zero-order chi connectivity index (χ0) is 8.97. The highest BCUT2D eigenvalue weighted by Crippen LogP contribution is 2.20. The number of hydrogen-bond donors (Lipinski definition) is 3. The van der Waals surface area contributed by atoms with Crippen molar-refractivity contribution in [1.29, 1.82) is 0 Å². The Bertz CT molecular complexity index is 250. The SMILES string of the molecule is CNCC(N)c1ccccc1O. The highest BCUT2D eigenvalue weighted by atomic mass is 16.3. The summed E-state index contributed by atoms with van der Waals surface area (Å²) in [5.74, 6) is 0.264. The number of likely N-dealkylation sites (N-methyl/N-ethyl adjacent to an activating group) is 1. The molecule has 0 aliphatic carbocycles. The lowest BCUT2D eigenvalue weighted by molar-refractivity contribution is 0.460. The van der Waals surface area contributed by atoms with Gasteiger partial charge in [-0.2, -0.15) is 0 Å². The first-order valence-electron chi connectivity index (χ1n) is 3.93. The molecular weight excluding hydrogens is 152 g/mol. The monoisotopic (exact) mass is 166 g/mol. The van der Waals surface area contributed by atoms with Crippen molar-refractivity contribution in [2.45, 2.75) is 6.04 Å². The minimum atomic E-state index is -0.142. The molecule has 1 rings (SSSR count). The lowest BCUT2D eigenvalue weighted by atomic mass is 10.1. The molecule has 0 saturated heterocycles. The molecule has 4 N–H and O–H groups in total. The van der Waals surface area contributed by atoms with E-state index in [1.165, 1.54) is 0 Å². The molecule has 12 heavy (non-hydrogen) atoms. The van der Waals surface area contributed by atoms with Crippen molar-refractivity contribution >= 4 is 0 Å². The Labute approximate surface area is 72.2 Å². The Morgan fingerprint density at radius 3 is 2.75 bits per heavy atom. The van der Waals surface area contributed by atoms with Crippen molar-refractivity contribution in [1.82, 2.24) is 5.32 Å². The van der Waals surface area contributed by atoms with Crippen LogP contribution in [0, 0.1) is 0 Å². The molecule has 3 heteroatoms. The molecule has 0 aromatic heterocycles. The van der Waals surface area contributed by atoms with Crippen LogP contribution in [0.3, 0.4) is 0 Å². The summed E-state index contributed by atoms with van der Waals surface area (Å²) in [4.78, 5) is 0. The molecule has 3 nitrogen and oxygen atoms in total. The standard InChI is InChI=1S/C9H14N2O/c1-11-6-8(10)7-4-2-3-5-9(7)12/h2-5,8,11-12H,6,10H2,1H3. The molecule has 0 aliphatic heterocycles. The van der Waals surface area contributed by atoms with E-state index in [4.69, 9.17) is 5.73 Å². The third-order valence-corrected chi connectivity index (χ3v) is 1.76. The molecular formula is C9H14N2O. The second kappa shape index (κ2) is 4.09. The van der Waals surface area contributed by atoms with Gasteiger partial charge in [0.1, 0.15) is 5.75 Å². The van der Waals surface area contributed by atoms with Crippen molar-refractivity contribution in [3.63, 3.8) is 0 Å². The second-order valence-corrected chi connectivity index (χ2v) is 2.72. The second-order valence-electron chi connectivity index (χ2n) is 2.72. The molecule has 1 atom stereocenters. The largest absolute Gasteiger partial charge is 0.508 e. The molecule has 0 saturated carbocycles. The van der Waals surface area contributed by atoms with Gasteiger partial charge in [-0.05, 0) is 13.1 Å². The summed E-state index contributed by atoms with van der Waals surface area (Å²) >= 11 is 0. The Morgan fingerprint density at radius 1 is 1.50 bits per heavy atom.